The van der Waals surface area contributed by atoms with Crippen molar-refractivity contribution in [2.24, 2.45) is 5.73 Å². The number of para-hydroxylation sites is 1. The van der Waals surface area contributed by atoms with Gasteiger partial charge in [0.15, 0.2) is 0 Å². The van der Waals surface area contributed by atoms with Gasteiger partial charge in [0.2, 0.25) is 0 Å². The smallest absolute Gasteiger partial charge is 0.320 e. The van der Waals surface area contributed by atoms with Crippen molar-refractivity contribution in [1.29, 1.82) is 0 Å². The van der Waals surface area contributed by atoms with Gasteiger partial charge in [-0.2, -0.15) is 0 Å². The molecular formula is C11H13IN2O2. The summed E-state index contributed by atoms with van der Waals surface area (Å²) < 4.78 is 0. The number of nitrogens with two attached hydrogens (primary N) is 1. The van der Waals surface area contributed by atoms with Gasteiger partial charge in [-0.15, -0.1) is 24.0 Å². The maximum absolute atomic E-state index is 10.6. The van der Waals surface area contributed by atoms with Crippen LogP contribution >= 0.6 is 24.0 Å². The Morgan fingerprint density at radius 1 is 1.44 bits per heavy atom. The molecule has 1 aromatic carbocycles. The first kappa shape index (κ1) is 13.0. The Morgan fingerprint density at radius 2 is 2.12 bits per heavy atom. The van der Waals surface area contributed by atoms with E-state index in [1.807, 2.05) is 30.5 Å². The molecule has 0 aliphatic carbocycles. The highest BCUT2D eigenvalue weighted by Crippen LogP contribution is 2.18. The number of halogens is 1. The summed E-state index contributed by atoms with van der Waals surface area (Å²) in [6.45, 7) is 0. The van der Waals surface area contributed by atoms with E-state index in [4.69, 9.17) is 10.8 Å². The van der Waals surface area contributed by atoms with E-state index in [9.17, 15) is 4.79 Å². The number of benzene rings is 1. The summed E-state index contributed by atoms with van der Waals surface area (Å²) in [6, 6.07) is 6.91. The topological polar surface area (TPSA) is 79.1 Å². The maximum atomic E-state index is 10.6. The first-order chi connectivity index (χ1) is 7.18. The van der Waals surface area contributed by atoms with Gasteiger partial charge in [-0.05, 0) is 11.6 Å². The number of carboxylic acid groups (broad SMARTS) is 1. The number of nitrogens with one attached hydrogen (secondary N) is 1. The lowest BCUT2D eigenvalue weighted by Crippen LogP contribution is -2.32. The quantitative estimate of drug-likeness (QED) is 0.749. The van der Waals surface area contributed by atoms with E-state index in [0.717, 1.165) is 16.5 Å². The molecule has 16 heavy (non-hydrogen) atoms. The predicted molar refractivity (Wildman–Crippen MR) is 73.0 cm³/mol. The summed E-state index contributed by atoms with van der Waals surface area (Å²) in [5.74, 6) is -0.972. The summed E-state index contributed by atoms with van der Waals surface area (Å²) in [6.07, 6.45) is 2.16. The van der Waals surface area contributed by atoms with Crippen molar-refractivity contribution in [3.05, 3.63) is 36.0 Å². The van der Waals surface area contributed by atoms with Crippen molar-refractivity contribution in [2.45, 2.75) is 12.5 Å². The third-order valence-corrected chi connectivity index (χ3v) is 2.43. The average molecular weight is 332 g/mol. The van der Waals surface area contributed by atoms with Crippen molar-refractivity contribution in [3.63, 3.8) is 0 Å². The van der Waals surface area contributed by atoms with E-state index >= 15 is 0 Å². The van der Waals surface area contributed by atoms with Gasteiger partial charge in [0.1, 0.15) is 6.04 Å². The van der Waals surface area contributed by atoms with Crippen molar-refractivity contribution in [1.82, 2.24) is 4.98 Å². The molecule has 2 rings (SSSR count). The van der Waals surface area contributed by atoms with E-state index in [0.29, 0.717) is 6.42 Å². The largest absolute Gasteiger partial charge is 0.480 e. The van der Waals surface area contributed by atoms with Gasteiger partial charge < -0.3 is 15.8 Å². The molecule has 0 bridgehead atoms. The molecule has 0 aliphatic rings. The van der Waals surface area contributed by atoms with Gasteiger partial charge in [-0.25, -0.2) is 0 Å². The van der Waals surface area contributed by atoms with Crippen LogP contribution < -0.4 is 5.73 Å². The molecule has 0 aliphatic heterocycles. The van der Waals surface area contributed by atoms with E-state index in [1.165, 1.54) is 0 Å². The van der Waals surface area contributed by atoms with Crippen LogP contribution in [0.25, 0.3) is 10.9 Å². The zero-order chi connectivity index (χ0) is 10.8. The molecule has 2 aromatic rings. The highest BCUT2D eigenvalue weighted by molar-refractivity contribution is 14.0. The lowest BCUT2D eigenvalue weighted by Gasteiger charge is -2.04. The first-order valence-corrected chi connectivity index (χ1v) is 4.72. The SMILES string of the molecule is I.N[C@@H](Cc1c[nH]c2ccccc12)C(=O)O. The van der Waals surface area contributed by atoms with Crippen LogP contribution in [-0.4, -0.2) is 22.1 Å². The molecule has 0 fully saturated rings. The minimum atomic E-state index is -0.972. The number of rotatable bonds is 3. The van der Waals surface area contributed by atoms with Gasteiger partial charge in [0.25, 0.3) is 0 Å². The maximum Gasteiger partial charge on any atom is 0.320 e. The number of carbonyl (C=O) groups is 1. The molecule has 0 amide bonds. The lowest BCUT2D eigenvalue weighted by molar-refractivity contribution is -0.138. The van der Waals surface area contributed by atoms with Gasteiger partial charge in [0, 0.05) is 23.5 Å². The molecule has 0 unspecified atom stereocenters. The molecular weight excluding hydrogens is 319 g/mol. The Hall–Kier alpha value is -1.08. The number of aliphatic carboxylic acids is 1. The van der Waals surface area contributed by atoms with Gasteiger partial charge in [0.05, 0.1) is 0 Å². The fourth-order valence-corrected chi connectivity index (χ4v) is 1.62. The standard InChI is InChI=1S/C11H12N2O2.HI/c12-9(11(14)15)5-7-6-13-10-4-2-1-3-8(7)10;/h1-4,6,9,13H,5,12H2,(H,14,15);1H/t9-;/m0./s1. The molecule has 0 saturated carbocycles. The molecule has 1 atom stereocenters. The minimum absolute atomic E-state index is 0. The zero-order valence-corrected chi connectivity index (χ0v) is 10.8. The van der Waals surface area contributed by atoms with Crippen LogP contribution in [0.1, 0.15) is 5.56 Å². The van der Waals surface area contributed by atoms with Crippen molar-refractivity contribution >= 4 is 40.8 Å². The molecule has 1 aromatic heterocycles. The molecule has 4 N–H and O–H groups in total. The van der Waals surface area contributed by atoms with Crippen LogP contribution in [0.4, 0.5) is 0 Å². The summed E-state index contributed by atoms with van der Waals surface area (Å²) in [7, 11) is 0. The van der Waals surface area contributed by atoms with Crippen LogP contribution in [0.3, 0.4) is 0 Å². The van der Waals surface area contributed by atoms with Gasteiger partial charge in [-0.3, -0.25) is 4.79 Å². The molecule has 0 radical (unpaired) electrons. The highest BCUT2D eigenvalue weighted by Gasteiger charge is 2.14. The fourth-order valence-electron chi connectivity index (χ4n) is 1.62. The minimum Gasteiger partial charge on any atom is -0.480 e. The third kappa shape index (κ3) is 2.53. The fraction of sp³-hybridized carbons (Fsp3) is 0.182. The molecule has 0 saturated heterocycles. The van der Waals surface area contributed by atoms with Gasteiger partial charge >= 0.3 is 5.97 Å². The lowest BCUT2D eigenvalue weighted by atomic mass is 10.1. The number of hydrogen-bond acceptors (Lipinski definition) is 2. The Labute approximate surface area is 110 Å². The van der Waals surface area contributed by atoms with E-state index in [-0.39, 0.29) is 24.0 Å². The van der Waals surface area contributed by atoms with E-state index < -0.39 is 12.0 Å². The average Bonchev–Trinajstić information content (AvgIpc) is 2.62. The van der Waals surface area contributed by atoms with Crippen molar-refractivity contribution < 1.29 is 9.90 Å². The van der Waals surface area contributed by atoms with Crippen LogP contribution in [-0.2, 0) is 11.2 Å². The Bertz CT molecular complexity index is 495. The van der Waals surface area contributed by atoms with Crippen LogP contribution in [0.5, 0.6) is 0 Å². The number of carboxylic acids is 1. The number of aromatic nitrogens is 1. The predicted octanol–water partition coefficient (Wildman–Crippen LogP) is 1.74. The normalized spacial score (nSPS) is 12.1. The number of H-pyrrole nitrogens is 1. The number of fused-ring (bicyclic) bond motifs is 1. The molecule has 4 nitrogen and oxygen atoms in total. The third-order valence-electron chi connectivity index (χ3n) is 2.43. The van der Waals surface area contributed by atoms with Gasteiger partial charge in [-0.1, -0.05) is 18.2 Å². The summed E-state index contributed by atoms with van der Waals surface area (Å²) in [5.41, 5.74) is 7.43. The Kier molecular flexibility index (Phi) is 4.31. The second-order valence-electron chi connectivity index (χ2n) is 3.51. The number of hydrogen-bond donors (Lipinski definition) is 3. The molecule has 86 valence electrons. The Morgan fingerprint density at radius 3 is 2.81 bits per heavy atom. The zero-order valence-electron chi connectivity index (χ0n) is 8.51. The molecule has 0 spiro atoms. The van der Waals surface area contributed by atoms with Crippen LogP contribution in [0.15, 0.2) is 30.5 Å². The number of aromatic amines is 1. The summed E-state index contributed by atoms with van der Waals surface area (Å²) >= 11 is 0. The first-order valence-electron chi connectivity index (χ1n) is 4.72. The van der Waals surface area contributed by atoms with E-state index in [1.54, 1.807) is 0 Å². The highest BCUT2D eigenvalue weighted by atomic mass is 127. The van der Waals surface area contributed by atoms with Crippen LogP contribution in [0, 0.1) is 0 Å². The summed E-state index contributed by atoms with van der Waals surface area (Å²) in [4.78, 5) is 13.7. The second-order valence-corrected chi connectivity index (χ2v) is 3.51. The summed E-state index contributed by atoms with van der Waals surface area (Å²) in [5, 5.41) is 9.75. The van der Waals surface area contributed by atoms with Crippen LogP contribution in [0.2, 0.25) is 0 Å². The molecule has 1 heterocycles. The second kappa shape index (κ2) is 5.31. The van der Waals surface area contributed by atoms with Crippen molar-refractivity contribution in [3.8, 4) is 0 Å². The van der Waals surface area contributed by atoms with E-state index in [2.05, 4.69) is 4.98 Å². The Balaban J connectivity index is 0.00000128. The molecule has 5 heteroatoms. The van der Waals surface area contributed by atoms with Crippen molar-refractivity contribution in [2.75, 3.05) is 0 Å². The monoisotopic (exact) mass is 332 g/mol.